The van der Waals surface area contributed by atoms with Crippen LogP contribution < -0.4 is 11.1 Å². The van der Waals surface area contributed by atoms with Gasteiger partial charge in [-0.15, -0.1) is 0 Å². The van der Waals surface area contributed by atoms with Crippen molar-refractivity contribution < 1.29 is 4.79 Å². The molecule has 0 aliphatic heterocycles. The van der Waals surface area contributed by atoms with E-state index in [4.69, 9.17) is 5.73 Å². The zero-order valence-electron chi connectivity index (χ0n) is 9.56. The average Bonchev–Trinajstić information content (AvgIpc) is 2.77. The van der Waals surface area contributed by atoms with Gasteiger partial charge in [0, 0.05) is 25.4 Å². The predicted octanol–water partition coefficient (Wildman–Crippen LogP) is 0.518. The van der Waals surface area contributed by atoms with Gasteiger partial charge < -0.3 is 11.1 Å². The molecule has 1 amide bonds. The third kappa shape index (κ3) is 5.50. The van der Waals surface area contributed by atoms with Gasteiger partial charge in [0.15, 0.2) is 0 Å². The van der Waals surface area contributed by atoms with Crippen molar-refractivity contribution in [1.29, 1.82) is 0 Å². The number of amides is 1. The zero-order chi connectivity index (χ0) is 11.6. The second-order valence-corrected chi connectivity index (χ2v) is 3.72. The Morgan fingerprint density at radius 3 is 2.94 bits per heavy atom. The normalized spacial score (nSPS) is 10.3. The van der Waals surface area contributed by atoms with E-state index in [9.17, 15) is 4.79 Å². The Morgan fingerprint density at radius 1 is 1.38 bits per heavy atom. The lowest BCUT2D eigenvalue weighted by Gasteiger charge is -2.05. The summed E-state index contributed by atoms with van der Waals surface area (Å²) in [6.07, 6.45) is 7.16. The van der Waals surface area contributed by atoms with Crippen LogP contribution in [0.2, 0.25) is 0 Å². The molecule has 5 heteroatoms. The van der Waals surface area contributed by atoms with E-state index in [1.165, 1.54) is 0 Å². The van der Waals surface area contributed by atoms with Crippen LogP contribution in [0.3, 0.4) is 0 Å². The summed E-state index contributed by atoms with van der Waals surface area (Å²) in [6, 6.07) is 1.87. The largest absolute Gasteiger partial charge is 0.354 e. The quantitative estimate of drug-likeness (QED) is 0.632. The minimum atomic E-state index is 0.115. The number of nitrogens with one attached hydrogen (secondary N) is 1. The van der Waals surface area contributed by atoms with Crippen molar-refractivity contribution in [1.82, 2.24) is 15.1 Å². The van der Waals surface area contributed by atoms with Crippen LogP contribution in [0.15, 0.2) is 18.5 Å². The van der Waals surface area contributed by atoms with Crippen molar-refractivity contribution in [3.63, 3.8) is 0 Å². The van der Waals surface area contributed by atoms with Crippen LogP contribution in [0.1, 0.15) is 25.7 Å². The standard InChI is InChI=1S/C11H20N4O/c12-6-3-1-2-5-11(16)13-8-10-15-9-4-7-14-15/h4,7,9H,1-3,5-6,8,10,12H2,(H,13,16). The monoisotopic (exact) mass is 224 g/mol. The zero-order valence-corrected chi connectivity index (χ0v) is 9.56. The molecule has 0 aromatic carbocycles. The Morgan fingerprint density at radius 2 is 2.25 bits per heavy atom. The molecule has 0 atom stereocenters. The molecule has 1 heterocycles. The molecule has 1 aromatic heterocycles. The van der Waals surface area contributed by atoms with E-state index in [-0.39, 0.29) is 5.91 Å². The number of carbonyl (C=O) groups is 1. The van der Waals surface area contributed by atoms with Crippen molar-refractivity contribution in [2.45, 2.75) is 32.2 Å². The Labute approximate surface area is 96.0 Å². The van der Waals surface area contributed by atoms with Gasteiger partial charge in [-0.3, -0.25) is 9.48 Å². The maximum atomic E-state index is 11.4. The fourth-order valence-electron chi connectivity index (χ4n) is 1.44. The Balaban J connectivity index is 1.98. The number of rotatable bonds is 8. The van der Waals surface area contributed by atoms with Crippen LogP contribution in [-0.2, 0) is 11.3 Å². The predicted molar refractivity (Wildman–Crippen MR) is 62.8 cm³/mol. The number of hydrogen-bond donors (Lipinski definition) is 2. The molecule has 5 nitrogen and oxygen atoms in total. The highest BCUT2D eigenvalue weighted by atomic mass is 16.1. The molecular weight excluding hydrogens is 204 g/mol. The number of carbonyl (C=O) groups excluding carboxylic acids is 1. The SMILES string of the molecule is NCCCCCC(=O)NCCn1cccn1. The van der Waals surface area contributed by atoms with Gasteiger partial charge in [-0.1, -0.05) is 6.42 Å². The number of aromatic nitrogens is 2. The highest BCUT2D eigenvalue weighted by molar-refractivity contribution is 5.75. The molecule has 0 fully saturated rings. The molecular formula is C11H20N4O. The summed E-state index contributed by atoms with van der Waals surface area (Å²) in [6.45, 7) is 2.07. The van der Waals surface area contributed by atoms with Crippen LogP contribution in [-0.4, -0.2) is 28.8 Å². The van der Waals surface area contributed by atoms with E-state index in [1.54, 1.807) is 10.9 Å². The van der Waals surface area contributed by atoms with Crippen LogP contribution >= 0.6 is 0 Å². The van der Waals surface area contributed by atoms with Crippen molar-refractivity contribution >= 4 is 5.91 Å². The first-order chi connectivity index (χ1) is 7.83. The molecule has 0 spiro atoms. The lowest BCUT2D eigenvalue weighted by molar-refractivity contribution is -0.121. The molecule has 90 valence electrons. The van der Waals surface area contributed by atoms with Crippen LogP contribution in [0, 0.1) is 0 Å². The molecule has 0 bridgehead atoms. The highest BCUT2D eigenvalue weighted by Gasteiger charge is 2.00. The van der Waals surface area contributed by atoms with Crippen LogP contribution in [0.5, 0.6) is 0 Å². The minimum Gasteiger partial charge on any atom is -0.354 e. The maximum Gasteiger partial charge on any atom is 0.220 e. The van der Waals surface area contributed by atoms with E-state index in [0.717, 1.165) is 25.8 Å². The molecule has 0 saturated carbocycles. The first-order valence-corrected chi connectivity index (χ1v) is 5.77. The van der Waals surface area contributed by atoms with Gasteiger partial charge in [0.2, 0.25) is 5.91 Å². The summed E-state index contributed by atoms with van der Waals surface area (Å²) >= 11 is 0. The Bertz CT molecular complexity index is 284. The summed E-state index contributed by atoms with van der Waals surface area (Å²) in [4.78, 5) is 11.4. The lowest BCUT2D eigenvalue weighted by atomic mass is 10.2. The molecule has 0 aliphatic rings. The van der Waals surface area contributed by atoms with Gasteiger partial charge in [-0.25, -0.2) is 0 Å². The third-order valence-electron chi connectivity index (χ3n) is 2.33. The summed E-state index contributed by atoms with van der Waals surface area (Å²) in [5, 5.41) is 6.92. The van der Waals surface area contributed by atoms with Crippen molar-refractivity contribution in [2.24, 2.45) is 5.73 Å². The number of unbranched alkanes of at least 4 members (excludes halogenated alkanes) is 2. The van der Waals surface area contributed by atoms with E-state index < -0.39 is 0 Å². The van der Waals surface area contributed by atoms with Gasteiger partial charge in [0.1, 0.15) is 0 Å². The second-order valence-electron chi connectivity index (χ2n) is 3.72. The second kappa shape index (κ2) is 7.87. The molecule has 16 heavy (non-hydrogen) atoms. The fourth-order valence-corrected chi connectivity index (χ4v) is 1.44. The summed E-state index contributed by atoms with van der Waals surface area (Å²) in [5.41, 5.74) is 5.37. The summed E-state index contributed by atoms with van der Waals surface area (Å²) < 4.78 is 1.80. The third-order valence-corrected chi connectivity index (χ3v) is 2.33. The summed E-state index contributed by atoms with van der Waals surface area (Å²) in [7, 11) is 0. The van der Waals surface area contributed by atoms with Crippen LogP contribution in [0.25, 0.3) is 0 Å². The Kier molecular flexibility index (Phi) is 6.25. The molecule has 0 saturated heterocycles. The van der Waals surface area contributed by atoms with Crippen molar-refractivity contribution in [3.8, 4) is 0 Å². The van der Waals surface area contributed by atoms with Crippen LogP contribution in [0.4, 0.5) is 0 Å². The molecule has 1 aromatic rings. The molecule has 3 N–H and O–H groups in total. The van der Waals surface area contributed by atoms with Gasteiger partial charge >= 0.3 is 0 Å². The van der Waals surface area contributed by atoms with E-state index >= 15 is 0 Å². The lowest BCUT2D eigenvalue weighted by Crippen LogP contribution is -2.27. The van der Waals surface area contributed by atoms with Crippen molar-refractivity contribution in [2.75, 3.05) is 13.1 Å². The summed E-state index contributed by atoms with van der Waals surface area (Å²) in [5.74, 6) is 0.115. The number of nitrogens with zero attached hydrogens (tertiary/aromatic N) is 2. The minimum absolute atomic E-state index is 0.115. The first-order valence-electron chi connectivity index (χ1n) is 5.77. The van der Waals surface area contributed by atoms with E-state index in [0.29, 0.717) is 19.5 Å². The molecule has 0 aliphatic carbocycles. The molecule has 0 radical (unpaired) electrons. The maximum absolute atomic E-state index is 11.4. The first kappa shape index (κ1) is 12.7. The fraction of sp³-hybridized carbons (Fsp3) is 0.636. The number of nitrogens with two attached hydrogens (primary N) is 1. The van der Waals surface area contributed by atoms with Gasteiger partial charge in [-0.05, 0) is 25.5 Å². The van der Waals surface area contributed by atoms with Gasteiger partial charge in [0.05, 0.1) is 6.54 Å². The Hall–Kier alpha value is -1.36. The van der Waals surface area contributed by atoms with Gasteiger partial charge in [-0.2, -0.15) is 5.10 Å². The number of hydrogen-bond acceptors (Lipinski definition) is 3. The molecule has 0 unspecified atom stereocenters. The highest BCUT2D eigenvalue weighted by Crippen LogP contribution is 1.97. The van der Waals surface area contributed by atoms with Crippen molar-refractivity contribution in [3.05, 3.63) is 18.5 Å². The molecule has 1 rings (SSSR count). The van der Waals surface area contributed by atoms with E-state index in [1.807, 2.05) is 12.3 Å². The smallest absolute Gasteiger partial charge is 0.220 e. The topological polar surface area (TPSA) is 72.9 Å². The van der Waals surface area contributed by atoms with E-state index in [2.05, 4.69) is 10.4 Å². The average molecular weight is 224 g/mol. The van der Waals surface area contributed by atoms with Gasteiger partial charge in [0.25, 0.3) is 0 Å².